The Balaban J connectivity index is 1.54. The maximum Gasteiger partial charge on any atom is 0.265 e. The van der Waals surface area contributed by atoms with Crippen molar-refractivity contribution in [3.8, 4) is 11.5 Å². The molecule has 2 atom stereocenters. The Labute approximate surface area is 145 Å². The van der Waals surface area contributed by atoms with Crippen LogP contribution >= 0.6 is 11.3 Å². The number of nitrogens with zero attached hydrogens (tertiary/aromatic N) is 1. The molecule has 5 nitrogen and oxygen atoms in total. The van der Waals surface area contributed by atoms with E-state index in [1.807, 2.05) is 43.5 Å². The minimum Gasteiger partial charge on any atom is -0.482 e. The van der Waals surface area contributed by atoms with Gasteiger partial charge in [0, 0.05) is 11.1 Å². The van der Waals surface area contributed by atoms with Gasteiger partial charge in [-0.05, 0) is 45.2 Å². The largest absolute Gasteiger partial charge is 0.482 e. The normalized spacial score (nSPS) is 24.1. The van der Waals surface area contributed by atoms with Crippen molar-refractivity contribution in [1.82, 2.24) is 10.3 Å². The van der Waals surface area contributed by atoms with Crippen molar-refractivity contribution in [2.45, 2.75) is 50.9 Å². The zero-order valence-electron chi connectivity index (χ0n) is 13.7. The number of fused-ring (bicyclic) bond motifs is 1. The van der Waals surface area contributed by atoms with Gasteiger partial charge in [-0.3, -0.25) is 4.79 Å². The van der Waals surface area contributed by atoms with Gasteiger partial charge in [0.25, 0.3) is 5.91 Å². The average molecular weight is 344 g/mol. The van der Waals surface area contributed by atoms with Crippen molar-refractivity contribution < 1.29 is 14.3 Å². The third-order valence-electron chi connectivity index (χ3n) is 4.70. The fourth-order valence-electron chi connectivity index (χ4n) is 3.21. The first-order valence-electron chi connectivity index (χ1n) is 8.24. The fourth-order valence-corrected chi connectivity index (χ4v) is 4.22. The lowest BCUT2D eigenvalue weighted by Gasteiger charge is -2.42. The molecule has 1 amide bonds. The molecule has 1 aliphatic heterocycles. The molecule has 4 rings (SSSR count). The molecule has 2 heterocycles. The van der Waals surface area contributed by atoms with Crippen LogP contribution in [0.25, 0.3) is 0 Å². The lowest BCUT2D eigenvalue weighted by atomic mass is 9.77. The third-order valence-corrected chi connectivity index (χ3v) is 5.86. The average Bonchev–Trinajstić information content (AvgIpc) is 2.96. The van der Waals surface area contributed by atoms with Crippen molar-refractivity contribution >= 4 is 17.2 Å². The molecule has 2 aromatic rings. The van der Waals surface area contributed by atoms with Gasteiger partial charge in [0.2, 0.25) is 6.10 Å². The Bertz CT molecular complexity index is 769. The van der Waals surface area contributed by atoms with E-state index in [4.69, 9.17) is 9.47 Å². The monoisotopic (exact) mass is 344 g/mol. The number of nitrogens with one attached hydrogen (secondary N) is 1. The lowest BCUT2D eigenvalue weighted by Crippen LogP contribution is -2.57. The van der Waals surface area contributed by atoms with Gasteiger partial charge in [-0.2, -0.15) is 0 Å². The molecule has 1 fully saturated rings. The van der Waals surface area contributed by atoms with E-state index in [9.17, 15) is 4.79 Å². The van der Waals surface area contributed by atoms with E-state index < -0.39 is 6.10 Å². The second-order valence-corrected chi connectivity index (χ2v) is 7.39. The highest BCUT2D eigenvalue weighted by molar-refractivity contribution is 7.09. The van der Waals surface area contributed by atoms with Crippen molar-refractivity contribution in [1.29, 1.82) is 0 Å². The molecule has 6 heteroatoms. The van der Waals surface area contributed by atoms with Gasteiger partial charge < -0.3 is 14.8 Å². The number of ether oxygens (including phenoxy) is 2. The summed E-state index contributed by atoms with van der Waals surface area (Å²) >= 11 is 1.61. The fraction of sp³-hybridized carbons (Fsp3) is 0.444. The van der Waals surface area contributed by atoms with E-state index >= 15 is 0 Å². The maximum absolute atomic E-state index is 12.9. The van der Waals surface area contributed by atoms with Crippen molar-refractivity contribution in [3.05, 3.63) is 40.3 Å². The second kappa shape index (κ2) is 5.77. The van der Waals surface area contributed by atoms with E-state index in [0.717, 1.165) is 30.0 Å². The SMILES string of the molecule is Cc1csc(C2(NC(=O)[C@H]3Oc4ccccc4O[C@@H]3C)CCC2)n1. The van der Waals surface area contributed by atoms with Gasteiger partial charge in [0.15, 0.2) is 11.5 Å². The molecule has 2 aliphatic rings. The Morgan fingerprint density at radius 3 is 2.58 bits per heavy atom. The maximum atomic E-state index is 12.9. The molecule has 24 heavy (non-hydrogen) atoms. The van der Waals surface area contributed by atoms with Crippen LogP contribution in [-0.4, -0.2) is 23.1 Å². The van der Waals surface area contributed by atoms with Crippen LogP contribution in [0.5, 0.6) is 11.5 Å². The number of amides is 1. The minimum absolute atomic E-state index is 0.135. The number of carbonyl (C=O) groups excluding carboxylic acids is 1. The van der Waals surface area contributed by atoms with E-state index in [1.165, 1.54) is 0 Å². The second-order valence-electron chi connectivity index (χ2n) is 6.53. The first kappa shape index (κ1) is 15.4. The Morgan fingerprint density at radius 1 is 1.29 bits per heavy atom. The molecule has 0 saturated heterocycles. The number of hydrogen-bond acceptors (Lipinski definition) is 5. The third kappa shape index (κ3) is 2.55. The molecule has 1 aromatic heterocycles. The zero-order valence-corrected chi connectivity index (χ0v) is 14.6. The highest BCUT2D eigenvalue weighted by Gasteiger charge is 2.45. The zero-order chi connectivity index (χ0) is 16.7. The first-order valence-corrected chi connectivity index (χ1v) is 9.12. The van der Waals surface area contributed by atoms with Gasteiger partial charge in [0.1, 0.15) is 11.1 Å². The van der Waals surface area contributed by atoms with Crippen LogP contribution in [0.15, 0.2) is 29.6 Å². The van der Waals surface area contributed by atoms with Crippen molar-refractivity contribution in [3.63, 3.8) is 0 Å². The topological polar surface area (TPSA) is 60.5 Å². The molecule has 1 aliphatic carbocycles. The van der Waals surface area contributed by atoms with Crippen molar-refractivity contribution in [2.24, 2.45) is 0 Å². The number of rotatable bonds is 3. The summed E-state index contributed by atoms with van der Waals surface area (Å²) in [6.45, 7) is 3.84. The Kier molecular flexibility index (Phi) is 3.72. The highest BCUT2D eigenvalue weighted by atomic mass is 32.1. The molecule has 0 spiro atoms. The lowest BCUT2D eigenvalue weighted by molar-refractivity contribution is -0.136. The number of thiazole rings is 1. The molecular weight excluding hydrogens is 324 g/mol. The first-order chi connectivity index (χ1) is 11.6. The van der Waals surface area contributed by atoms with Crippen LogP contribution in [-0.2, 0) is 10.3 Å². The highest BCUT2D eigenvalue weighted by Crippen LogP contribution is 2.43. The van der Waals surface area contributed by atoms with E-state index in [0.29, 0.717) is 11.5 Å². The van der Waals surface area contributed by atoms with Gasteiger partial charge in [-0.15, -0.1) is 11.3 Å². The quantitative estimate of drug-likeness (QED) is 0.929. The number of aromatic nitrogens is 1. The number of benzene rings is 1. The van der Waals surface area contributed by atoms with Crippen LogP contribution < -0.4 is 14.8 Å². The summed E-state index contributed by atoms with van der Waals surface area (Å²) in [6.07, 6.45) is 1.95. The molecule has 1 saturated carbocycles. The smallest absolute Gasteiger partial charge is 0.265 e. The van der Waals surface area contributed by atoms with E-state index in [-0.39, 0.29) is 17.6 Å². The van der Waals surface area contributed by atoms with Gasteiger partial charge in [0.05, 0.1) is 5.54 Å². The molecule has 1 N–H and O–H groups in total. The molecule has 0 bridgehead atoms. The van der Waals surface area contributed by atoms with Crippen molar-refractivity contribution in [2.75, 3.05) is 0 Å². The molecular formula is C18H20N2O3S. The molecule has 1 aromatic carbocycles. The summed E-state index contributed by atoms with van der Waals surface area (Å²) in [5.74, 6) is 1.16. The minimum atomic E-state index is -0.654. The summed E-state index contributed by atoms with van der Waals surface area (Å²) in [6, 6.07) is 7.44. The van der Waals surface area contributed by atoms with Crippen LogP contribution in [0, 0.1) is 6.92 Å². The van der Waals surface area contributed by atoms with Gasteiger partial charge in [-0.25, -0.2) is 4.98 Å². The van der Waals surface area contributed by atoms with Crippen LogP contribution in [0.2, 0.25) is 0 Å². The van der Waals surface area contributed by atoms with Crippen LogP contribution in [0.3, 0.4) is 0 Å². The molecule has 0 radical (unpaired) electrons. The molecule has 0 unspecified atom stereocenters. The number of para-hydroxylation sites is 2. The standard InChI is InChI=1S/C18H20N2O3S/c1-11-10-24-17(19-11)18(8-5-9-18)20-16(21)15-12(2)22-13-6-3-4-7-14(13)23-15/h3-4,6-7,10,12,15H,5,8-9H2,1-2H3,(H,20,21)/t12-,15+/m1/s1. The number of carbonyl (C=O) groups is 1. The summed E-state index contributed by atoms with van der Waals surface area (Å²) < 4.78 is 11.8. The predicted molar refractivity (Wildman–Crippen MR) is 91.5 cm³/mol. The molecule has 126 valence electrons. The Hall–Kier alpha value is -2.08. The number of hydrogen-bond donors (Lipinski definition) is 1. The Morgan fingerprint density at radius 2 is 2.00 bits per heavy atom. The van der Waals surface area contributed by atoms with E-state index in [1.54, 1.807) is 11.3 Å². The number of aryl methyl sites for hydroxylation is 1. The summed E-state index contributed by atoms with van der Waals surface area (Å²) in [5, 5.41) is 6.21. The van der Waals surface area contributed by atoms with Gasteiger partial charge >= 0.3 is 0 Å². The summed E-state index contributed by atoms with van der Waals surface area (Å²) in [5.41, 5.74) is 0.658. The van der Waals surface area contributed by atoms with E-state index in [2.05, 4.69) is 10.3 Å². The van der Waals surface area contributed by atoms with Crippen LogP contribution in [0.1, 0.15) is 36.9 Å². The summed E-state index contributed by atoms with van der Waals surface area (Å²) in [7, 11) is 0. The van der Waals surface area contributed by atoms with Gasteiger partial charge in [-0.1, -0.05) is 12.1 Å². The van der Waals surface area contributed by atoms with Crippen LogP contribution in [0.4, 0.5) is 0 Å². The predicted octanol–water partition coefficient (Wildman–Crippen LogP) is 3.18. The summed E-state index contributed by atoms with van der Waals surface area (Å²) in [4.78, 5) is 17.5.